The van der Waals surface area contributed by atoms with E-state index in [2.05, 4.69) is 9.97 Å². The number of ether oxygens (including phenoxy) is 1. The molecule has 0 unspecified atom stereocenters. The lowest BCUT2D eigenvalue weighted by molar-refractivity contribution is 0.111. The zero-order valence-electron chi connectivity index (χ0n) is 11.9. The van der Waals surface area contributed by atoms with Gasteiger partial charge in [-0.25, -0.2) is 9.37 Å². The number of carbonyl (C=O) groups excluding carboxylic acids is 1. The predicted octanol–water partition coefficient (Wildman–Crippen LogP) is 4.26. The SMILES string of the molecule is O=Cc1nc(-c2ccc(OCc3ccccc3)cc2F)[nH]c1Cl. The van der Waals surface area contributed by atoms with Crippen LogP contribution in [0.15, 0.2) is 48.5 Å². The Bertz CT molecular complexity index is 834. The van der Waals surface area contributed by atoms with Gasteiger partial charge in [0.1, 0.15) is 34.8 Å². The molecular formula is C17H12ClFN2O2. The van der Waals surface area contributed by atoms with Gasteiger partial charge < -0.3 is 9.72 Å². The fourth-order valence-corrected chi connectivity index (χ4v) is 2.27. The first-order valence-corrected chi connectivity index (χ1v) is 7.22. The molecule has 0 fully saturated rings. The Morgan fingerprint density at radius 1 is 1.22 bits per heavy atom. The number of carbonyl (C=O) groups is 1. The van der Waals surface area contributed by atoms with Gasteiger partial charge in [-0.15, -0.1) is 0 Å². The highest BCUT2D eigenvalue weighted by molar-refractivity contribution is 6.31. The molecule has 0 spiro atoms. The van der Waals surface area contributed by atoms with Crippen molar-refractivity contribution >= 4 is 17.9 Å². The van der Waals surface area contributed by atoms with E-state index in [0.29, 0.717) is 18.6 Å². The van der Waals surface area contributed by atoms with E-state index in [1.165, 1.54) is 12.1 Å². The monoisotopic (exact) mass is 330 g/mol. The number of nitrogens with one attached hydrogen (secondary N) is 1. The molecule has 0 bridgehead atoms. The zero-order chi connectivity index (χ0) is 16.2. The lowest BCUT2D eigenvalue weighted by atomic mass is 10.2. The van der Waals surface area contributed by atoms with Crippen molar-refractivity contribution in [3.8, 4) is 17.1 Å². The summed E-state index contributed by atoms with van der Waals surface area (Å²) in [7, 11) is 0. The minimum absolute atomic E-state index is 0.0467. The Kier molecular flexibility index (Phi) is 4.39. The third-order valence-electron chi connectivity index (χ3n) is 3.24. The summed E-state index contributed by atoms with van der Waals surface area (Å²) < 4.78 is 19.8. The van der Waals surface area contributed by atoms with E-state index < -0.39 is 5.82 Å². The number of rotatable bonds is 5. The molecule has 3 aromatic rings. The molecule has 4 nitrogen and oxygen atoms in total. The Morgan fingerprint density at radius 3 is 2.65 bits per heavy atom. The predicted molar refractivity (Wildman–Crippen MR) is 85.2 cm³/mol. The van der Waals surface area contributed by atoms with Crippen molar-refractivity contribution in [3.05, 3.63) is 70.8 Å². The van der Waals surface area contributed by atoms with Crippen LogP contribution in [0.4, 0.5) is 4.39 Å². The van der Waals surface area contributed by atoms with Gasteiger partial charge >= 0.3 is 0 Å². The molecule has 0 radical (unpaired) electrons. The minimum atomic E-state index is -0.515. The molecule has 2 aromatic carbocycles. The summed E-state index contributed by atoms with van der Waals surface area (Å²) in [6.45, 7) is 0.349. The van der Waals surface area contributed by atoms with E-state index in [0.717, 1.165) is 5.56 Å². The van der Waals surface area contributed by atoms with E-state index in [-0.39, 0.29) is 22.2 Å². The first-order chi connectivity index (χ1) is 11.2. The summed E-state index contributed by atoms with van der Waals surface area (Å²) in [5.74, 6) is 0.0889. The molecule has 23 heavy (non-hydrogen) atoms. The highest BCUT2D eigenvalue weighted by Gasteiger charge is 2.13. The van der Waals surface area contributed by atoms with Crippen LogP contribution in [-0.4, -0.2) is 16.3 Å². The minimum Gasteiger partial charge on any atom is -0.489 e. The summed E-state index contributed by atoms with van der Waals surface area (Å²) in [5, 5.41) is 0.0822. The second-order valence-corrected chi connectivity index (χ2v) is 5.20. The average Bonchev–Trinajstić information content (AvgIpc) is 2.94. The summed E-state index contributed by atoms with van der Waals surface area (Å²) in [6, 6.07) is 14.0. The van der Waals surface area contributed by atoms with Crippen LogP contribution < -0.4 is 4.74 Å². The Labute approximate surface area is 136 Å². The number of halogens is 2. The van der Waals surface area contributed by atoms with Crippen molar-refractivity contribution in [1.82, 2.24) is 9.97 Å². The van der Waals surface area contributed by atoms with Crippen LogP contribution in [0, 0.1) is 5.82 Å². The maximum absolute atomic E-state index is 14.2. The molecule has 0 saturated carbocycles. The first kappa shape index (κ1) is 15.2. The number of imidazole rings is 1. The maximum atomic E-state index is 14.2. The lowest BCUT2D eigenvalue weighted by Crippen LogP contribution is -1.96. The molecule has 0 aliphatic heterocycles. The van der Waals surface area contributed by atoms with Gasteiger partial charge in [-0.2, -0.15) is 0 Å². The first-order valence-electron chi connectivity index (χ1n) is 6.84. The summed E-state index contributed by atoms with van der Waals surface area (Å²) in [4.78, 5) is 17.4. The average molecular weight is 331 g/mol. The highest BCUT2D eigenvalue weighted by Crippen LogP contribution is 2.26. The highest BCUT2D eigenvalue weighted by atomic mass is 35.5. The molecule has 0 amide bonds. The van der Waals surface area contributed by atoms with Gasteiger partial charge in [0.2, 0.25) is 0 Å². The number of nitrogens with zero attached hydrogens (tertiary/aromatic N) is 1. The largest absolute Gasteiger partial charge is 0.489 e. The van der Waals surface area contributed by atoms with Crippen molar-refractivity contribution in [2.24, 2.45) is 0 Å². The zero-order valence-corrected chi connectivity index (χ0v) is 12.7. The van der Waals surface area contributed by atoms with Gasteiger partial charge in [0.25, 0.3) is 0 Å². The smallest absolute Gasteiger partial charge is 0.171 e. The number of hydrogen-bond acceptors (Lipinski definition) is 3. The van der Waals surface area contributed by atoms with E-state index in [1.54, 1.807) is 6.07 Å². The lowest BCUT2D eigenvalue weighted by Gasteiger charge is -2.07. The maximum Gasteiger partial charge on any atom is 0.171 e. The van der Waals surface area contributed by atoms with E-state index in [4.69, 9.17) is 16.3 Å². The van der Waals surface area contributed by atoms with Gasteiger partial charge in [-0.05, 0) is 17.7 Å². The van der Waals surface area contributed by atoms with Crippen LogP contribution in [0.5, 0.6) is 5.75 Å². The number of aromatic nitrogens is 2. The molecule has 1 heterocycles. The Hall–Kier alpha value is -2.66. The van der Waals surface area contributed by atoms with E-state index in [9.17, 15) is 9.18 Å². The fraction of sp³-hybridized carbons (Fsp3) is 0.0588. The van der Waals surface area contributed by atoms with E-state index >= 15 is 0 Å². The number of benzene rings is 2. The Morgan fingerprint density at radius 2 is 2.00 bits per heavy atom. The molecule has 0 aliphatic rings. The topological polar surface area (TPSA) is 55.0 Å². The van der Waals surface area contributed by atoms with Crippen LogP contribution in [0.25, 0.3) is 11.4 Å². The van der Waals surface area contributed by atoms with Crippen LogP contribution in [0.3, 0.4) is 0 Å². The van der Waals surface area contributed by atoms with Crippen molar-refractivity contribution in [3.63, 3.8) is 0 Å². The third kappa shape index (κ3) is 3.40. The third-order valence-corrected chi connectivity index (χ3v) is 3.53. The fourth-order valence-electron chi connectivity index (χ4n) is 2.09. The normalized spacial score (nSPS) is 10.5. The van der Waals surface area contributed by atoms with E-state index in [1.807, 2.05) is 30.3 Å². The second kappa shape index (κ2) is 6.62. The van der Waals surface area contributed by atoms with Gasteiger partial charge in [0, 0.05) is 6.07 Å². The molecule has 0 aliphatic carbocycles. The van der Waals surface area contributed by atoms with Crippen LogP contribution >= 0.6 is 11.6 Å². The van der Waals surface area contributed by atoms with Gasteiger partial charge in [-0.3, -0.25) is 4.79 Å². The second-order valence-electron chi connectivity index (χ2n) is 4.82. The quantitative estimate of drug-likeness (QED) is 0.711. The number of aldehydes is 1. The van der Waals surface area contributed by atoms with Crippen molar-refractivity contribution < 1.29 is 13.9 Å². The van der Waals surface area contributed by atoms with Gasteiger partial charge in [-0.1, -0.05) is 41.9 Å². The number of hydrogen-bond donors (Lipinski definition) is 1. The molecule has 6 heteroatoms. The Balaban J connectivity index is 1.78. The van der Waals surface area contributed by atoms with Crippen LogP contribution in [-0.2, 0) is 6.61 Å². The summed E-state index contributed by atoms with van der Waals surface area (Å²) >= 11 is 5.80. The van der Waals surface area contributed by atoms with Crippen molar-refractivity contribution in [2.75, 3.05) is 0 Å². The van der Waals surface area contributed by atoms with Crippen molar-refractivity contribution in [1.29, 1.82) is 0 Å². The molecule has 0 atom stereocenters. The molecule has 1 aromatic heterocycles. The molecule has 0 saturated heterocycles. The summed E-state index contributed by atoms with van der Waals surface area (Å²) in [5.41, 5.74) is 1.25. The molecular weight excluding hydrogens is 319 g/mol. The van der Waals surface area contributed by atoms with Gasteiger partial charge in [0.15, 0.2) is 6.29 Å². The van der Waals surface area contributed by atoms with Crippen molar-refractivity contribution in [2.45, 2.75) is 6.61 Å². The molecule has 116 valence electrons. The van der Waals surface area contributed by atoms with Gasteiger partial charge in [0.05, 0.1) is 5.56 Å². The van der Waals surface area contributed by atoms with Crippen LogP contribution in [0.1, 0.15) is 16.1 Å². The number of aromatic amines is 1. The molecule has 1 N–H and O–H groups in total. The standard InChI is InChI=1S/C17H12ClFN2O2/c18-16-15(9-22)20-17(21-16)13-7-6-12(8-14(13)19)23-10-11-4-2-1-3-5-11/h1-9H,10H2,(H,20,21). The summed E-state index contributed by atoms with van der Waals surface area (Å²) in [6.07, 6.45) is 0.511. The molecule has 3 rings (SSSR count). The van der Waals surface area contributed by atoms with Crippen LogP contribution in [0.2, 0.25) is 5.15 Å². The number of H-pyrrole nitrogens is 1.